The summed E-state index contributed by atoms with van der Waals surface area (Å²) in [5, 5.41) is 0. The molecule has 0 aromatic carbocycles. The molecule has 19 heavy (non-hydrogen) atoms. The van der Waals surface area contributed by atoms with Gasteiger partial charge < -0.3 is 23.7 Å². The van der Waals surface area contributed by atoms with Crippen LogP contribution in [0.2, 0.25) is 0 Å². The molecular weight excluding hydrogens is 252 g/mol. The van der Waals surface area contributed by atoms with E-state index in [1.165, 1.54) is 21.3 Å². The maximum Gasteiger partial charge on any atom is 0.333 e. The predicted octanol–water partition coefficient (Wildman–Crippen LogP) is 1.25. The quantitative estimate of drug-likeness (QED) is 0.568. The topological polar surface area (TPSA) is 63.2 Å². The Morgan fingerprint density at radius 3 is 2.26 bits per heavy atom. The van der Waals surface area contributed by atoms with Gasteiger partial charge in [-0.2, -0.15) is 0 Å². The Hall–Kier alpha value is -0.950. The van der Waals surface area contributed by atoms with Crippen LogP contribution in [0.25, 0.3) is 0 Å². The van der Waals surface area contributed by atoms with Gasteiger partial charge in [-0.1, -0.05) is 0 Å². The van der Waals surface area contributed by atoms with Crippen LogP contribution in [0.1, 0.15) is 20.8 Å². The van der Waals surface area contributed by atoms with Crippen molar-refractivity contribution in [3.8, 4) is 0 Å². The van der Waals surface area contributed by atoms with E-state index in [1.54, 1.807) is 26.8 Å². The van der Waals surface area contributed by atoms with Crippen LogP contribution in [0.5, 0.6) is 0 Å². The second-order valence-corrected chi connectivity index (χ2v) is 4.61. The van der Waals surface area contributed by atoms with Crippen molar-refractivity contribution < 1.29 is 28.5 Å². The standard InChI is InChI=1S/C13H22O6/c1-9(11(14)15-4)7-10-8-18-12(2,16-5)13(3,17-6)19-10/h7,10H,8H2,1-6H3/b9-7+. The summed E-state index contributed by atoms with van der Waals surface area (Å²) in [5.41, 5.74) is 0.454. The van der Waals surface area contributed by atoms with Gasteiger partial charge in [0, 0.05) is 19.8 Å². The van der Waals surface area contributed by atoms with E-state index in [0.29, 0.717) is 5.57 Å². The molecule has 6 heteroatoms. The van der Waals surface area contributed by atoms with Gasteiger partial charge in [-0.15, -0.1) is 0 Å². The monoisotopic (exact) mass is 274 g/mol. The van der Waals surface area contributed by atoms with E-state index in [4.69, 9.17) is 18.9 Å². The lowest BCUT2D eigenvalue weighted by Gasteiger charge is -2.48. The third-order valence-electron chi connectivity index (χ3n) is 3.45. The van der Waals surface area contributed by atoms with Gasteiger partial charge in [-0.3, -0.25) is 0 Å². The van der Waals surface area contributed by atoms with Crippen LogP contribution in [0.15, 0.2) is 11.6 Å². The van der Waals surface area contributed by atoms with Crippen molar-refractivity contribution in [1.82, 2.24) is 0 Å². The lowest BCUT2D eigenvalue weighted by atomic mass is 10.1. The number of esters is 1. The van der Waals surface area contributed by atoms with Crippen LogP contribution >= 0.6 is 0 Å². The first-order valence-electron chi connectivity index (χ1n) is 6.00. The Kier molecular flexibility index (Phi) is 5.09. The van der Waals surface area contributed by atoms with Gasteiger partial charge >= 0.3 is 5.97 Å². The Labute approximate surface area is 113 Å². The van der Waals surface area contributed by atoms with Crippen molar-refractivity contribution in [3.05, 3.63) is 11.6 Å². The molecule has 0 radical (unpaired) electrons. The summed E-state index contributed by atoms with van der Waals surface area (Å²) in [6.45, 7) is 5.38. The van der Waals surface area contributed by atoms with Crippen LogP contribution in [0, 0.1) is 0 Å². The zero-order chi connectivity index (χ0) is 14.7. The largest absolute Gasteiger partial charge is 0.466 e. The van der Waals surface area contributed by atoms with Crippen molar-refractivity contribution in [2.24, 2.45) is 0 Å². The molecule has 1 heterocycles. The molecule has 0 aromatic rings. The van der Waals surface area contributed by atoms with Crippen LogP contribution in [-0.4, -0.2) is 51.6 Å². The minimum absolute atomic E-state index is 0.262. The number of ether oxygens (including phenoxy) is 5. The fourth-order valence-corrected chi connectivity index (χ4v) is 1.87. The maximum atomic E-state index is 11.4. The first-order valence-corrected chi connectivity index (χ1v) is 6.00. The highest BCUT2D eigenvalue weighted by Gasteiger charge is 2.53. The molecule has 1 saturated heterocycles. The van der Waals surface area contributed by atoms with Gasteiger partial charge in [-0.05, 0) is 26.8 Å². The van der Waals surface area contributed by atoms with E-state index in [1.807, 2.05) is 0 Å². The summed E-state index contributed by atoms with van der Waals surface area (Å²) in [6.07, 6.45) is 1.24. The second kappa shape index (κ2) is 6.00. The number of hydrogen-bond donors (Lipinski definition) is 0. The van der Waals surface area contributed by atoms with E-state index in [2.05, 4.69) is 4.74 Å². The van der Waals surface area contributed by atoms with E-state index < -0.39 is 23.6 Å². The van der Waals surface area contributed by atoms with Crippen molar-refractivity contribution in [2.45, 2.75) is 38.4 Å². The van der Waals surface area contributed by atoms with Gasteiger partial charge in [0.2, 0.25) is 11.6 Å². The molecule has 1 fully saturated rings. The summed E-state index contributed by atoms with van der Waals surface area (Å²) < 4.78 is 26.8. The molecule has 1 rings (SSSR count). The zero-order valence-electron chi connectivity index (χ0n) is 12.3. The Morgan fingerprint density at radius 2 is 1.79 bits per heavy atom. The highest BCUT2D eigenvalue weighted by atomic mass is 16.8. The molecule has 6 nitrogen and oxygen atoms in total. The number of hydrogen-bond acceptors (Lipinski definition) is 6. The molecule has 0 bridgehead atoms. The van der Waals surface area contributed by atoms with E-state index in [-0.39, 0.29) is 6.61 Å². The average molecular weight is 274 g/mol. The molecule has 3 unspecified atom stereocenters. The smallest absolute Gasteiger partial charge is 0.333 e. The van der Waals surface area contributed by atoms with Crippen LogP contribution in [-0.2, 0) is 28.5 Å². The summed E-state index contributed by atoms with van der Waals surface area (Å²) in [5.74, 6) is -2.48. The number of carbonyl (C=O) groups is 1. The van der Waals surface area contributed by atoms with Crippen molar-refractivity contribution in [2.75, 3.05) is 27.9 Å². The lowest BCUT2D eigenvalue weighted by molar-refractivity contribution is -0.425. The summed E-state index contributed by atoms with van der Waals surface area (Å²) in [7, 11) is 4.37. The molecule has 3 atom stereocenters. The van der Waals surface area contributed by atoms with Crippen LogP contribution in [0.3, 0.4) is 0 Å². The summed E-state index contributed by atoms with van der Waals surface area (Å²) in [4.78, 5) is 11.4. The van der Waals surface area contributed by atoms with Gasteiger partial charge in [0.05, 0.1) is 13.7 Å². The van der Waals surface area contributed by atoms with Gasteiger partial charge in [0.25, 0.3) is 0 Å². The van der Waals surface area contributed by atoms with Crippen molar-refractivity contribution >= 4 is 5.97 Å². The van der Waals surface area contributed by atoms with E-state index in [0.717, 1.165) is 0 Å². The van der Waals surface area contributed by atoms with Crippen molar-refractivity contribution in [1.29, 1.82) is 0 Å². The lowest BCUT2D eigenvalue weighted by Crippen LogP contribution is -2.62. The minimum Gasteiger partial charge on any atom is -0.466 e. The highest BCUT2D eigenvalue weighted by molar-refractivity contribution is 5.87. The molecule has 0 aliphatic carbocycles. The van der Waals surface area contributed by atoms with E-state index in [9.17, 15) is 4.79 Å². The average Bonchev–Trinajstić information content (AvgIpc) is 2.41. The van der Waals surface area contributed by atoms with Crippen molar-refractivity contribution in [3.63, 3.8) is 0 Å². The fraction of sp³-hybridized carbons (Fsp3) is 0.769. The van der Waals surface area contributed by atoms with Gasteiger partial charge in [0.15, 0.2) is 0 Å². The van der Waals surface area contributed by atoms with Gasteiger partial charge in [-0.25, -0.2) is 4.79 Å². The van der Waals surface area contributed by atoms with Gasteiger partial charge in [0.1, 0.15) is 6.10 Å². The normalized spacial score (nSPS) is 36.1. The zero-order valence-corrected chi connectivity index (χ0v) is 12.3. The molecule has 1 aliphatic heterocycles. The Bertz CT molecular complexity index is 366. The predicted molar refractivity (Wildman–Crippen MR) is 67.4 cm³/mol. The third-order valence-corrected chi connectivity index (χ3v) is 3.45. The van der Waals surface area contributed by atoms with Crippen LogP contribution < -0.4 is 0 Å². The number of carbonyl (C=O) groups excluding carboxylic acids is 1. The number of rotatable bonds is 4. The van der Waals surface area contributed by atoms with Crippen LogP contribution in [0.4, 0.5) is 0 Å². The molecular formula is C13H22O6. The fourth-order valence-electron chi connectivity index (χ4n) is 1.87. The molecule has 0 spiro atoms. The molecule has 0 amide bonds. The second-order valence-electron chi connectivity index (χ2n) is 4.61. The first kappa shape index (κ1) is 16.1. The molecule has 110 valence electrons. The molecule has 0 N–H and O–H groups in total. The summed E-state index contributed by atoms with van der Waals surface area (Å²) >= 11 is 0. The summed E-state index contributed by atoms with van der Waals surface area (Å²) in [6, 6.07) is 0. The SMILES string of the molecule is COC(=O)/C(C)=C/C1COC(C)(OC)C(C)(OC)O1. The van der Waals surface area contributed by atoms with E-state index >= 15 is 0 Å². The Balaban J connectivity index is 2.87. The molecule has 0 saturated carbocycles. The minimum atomic E-state index is -1.07. The Morgan fingerprint density at radius 1 is 1.21 bits per heavy atom. The number of methoxy groups -OCH3 is 3. The maximum absolute atomic E-state index is 11.4. The third kappa shape index (κ3) is 3.14. The molecule has 1 aliphatic rings. The highest BCUT2D eigenvalue weighted by Crippen LogP contribution is 2.36. The first-order chi connectivity index (χ1) is 8.81. The molecule has 0 aromatic heterocycles.